The molecule has 1 N–H and O–H groups in total. The van der Waals surface area contributed by atoms with Gasteiger partial charge in [-0.1, -0.05) is 15.9 Å². The Labute approximate surface area is 109 Å². The van der Waals surface area contributed by atoms with Gasteiger partial charge in [-0.3, -0.25) is 14.9 Å². The number of amides is 1. The second-order valence-electron chi connectivity index (χ2n) is 3.94. The predicted molar refractivity (Wildman–Crippen MR) is 64.6 cm³/mol. The number of nitrogens with one attached hydrogen (secondary N) is 1. The van der Waals surface area contributed by atoms with Crippen LogP contribution in [0.25, 0.3) is 0 Å². The van der Waals surface area contributed by atoms with Crippen molar-refractivity contribution in [3.05, 3.63) is 33.9 Å². The normalized spacial score (nSPS) is 11.2. The molecule has 0 aromatic heterocycles. The Bertz CT molecular complexity index is 515. The summed E-state index contributed by atoms with van der Waals surface area (Å²) in [5.41, 5.74) is -1.49. The maximum atomic E-state index is 13.5. The van der Waals surface area contributed by atoms with Crippen LogP contribution >= 0.6 is 15.9 Å². The molecule has 1 amide bonds. The van der Waals surface area contributed by atoms with Gasteiger partial charge in [0.25, 0.3) is 5.69 Å². The van der Waals surface area contributed by atoms with E-state index in [1.807, 2.05) is 5.32 Å². The Kier molecular flexibility index (Phi) is 4.00. The monoisotopic (exact) mass is 322 g/mol. The van der Waals surface area contributed by atoms with E-state index >= 15 is 0 Å². The van der Waals surface area contributed by atoms with Crippen molar-refractivity contribution < 1.29 is 18.5 Å². The average molecular weight is 323 g/mol. The van der Waals surface area contributed by atoms with Crippen molar-refractivity contribution in [2.24, 2.45) is 0 Å². The average Bonchev–Trinajstić information content (AvgIpc) is 2.23. The van der Waals surface area contributed by atoms with E-state index in [9.17, 15) is 23.7 Å². The number of nitro groups is 1. The van der Waals surface area contributed by atoms with Crippen molar-refractivity contribution in [3.63, 3.8) is 0 Å². The van der Waals surface area contributed by atoms with Gasteiger partial charge in [0.1, 0.15) is 0 Å². The van der Waals surface area contributed by atoms with Crippen LogP contribution in [0.1, 0.15) is 13.8 Å². The van der Waals surface area contributed by atoms with Crippen LogP contribution in [0.5, 0.6) is 0 Å². The van der Waals surface area contributed by atoms with Crippen molar-refractivity contribution in [1.82, 2.24) is 0 Å². The van der Waals surface area contributed by atoms with Crippen LogP contribution in [0, 0.1) is 21.7 Å². The van der Waals surface area contributed by atoms with Crippen LogP contribution in [-0.4, -0.2) is 15.2 Å². The summed E-state index contributed by atoms with van der Waals surface area (Å²) >= 11 is 3.01. The zero-order valence-electron chi connectivity index (χ0n) is 9.46. The Morgan fingerprint density at radius 3 is 2.44 bits per heavy atom. The Balaban J connectivity index is 3.26. The molecule has 5 nitrogen and oxygen atoms in total. The molecular formula is C10H9BrF2N2O3. The molecule has 1 aromatic rings. The summed E-state index contributed by atoms with van der Waals surface area (Å²) in [5, 5.41) is 12.7. The van der Waals surface area contributed by atoms with Crippen LogP contribution in [0.3, 0.4) is 0 Å². The van der Waals surface area contributed by atoms with Gasteiger partial charge in [-0.25, -0.2) is 8.78 Å². The Morgan fingerprint density at radius 2 is 2.00 bits per heavy atom. The van der Waals surface area contributed by atoms with E-state index in [0.29, 0.717) is 6.07 Å². The number of benzene rings is 1. The first-order chi connectivity index (χ1) is 8.14. The molecule has 0 atom stereocenters. The molecule has 0 radical (unpaired) electrons. The van der Waals surface area contributed by atoms with E-state index in [0.717, 1.165) is 6.07 Å². The van der Waals surface area contributed by atoms with Crippen molar-refractivity contribution in [3.8, 4) is 0 Å². The second-order valence-corrected chi connectivity index (χ2v) is 5.92. The highest BCUT2D eigenvalue weighted by molar-refractivity contribution is 9.10. The van der Waals surface area contributed by atoms with Gasteiger partial charge in [0.05, 0.1) is 9.25 Å². The highest BCUT2D eigenvalue weighted by Gasteiger charge is 2.29. The summed E-state index contributed by atoms with van der Waals surface area (Å²) in [7, 11) is 0. The third-order valence-corrected chi connectivity index (χ3v) is 2.41. The first-order valence-corrected chi connectivity index (χ1v) is 5.56. The Morgan fingerprint density at radius 1 is 1.44 bits per heavy atom. The molecule has 0 aliphatic rings. The number of hydrogen-bond donors (Lipinski definition) is 1. The van der Waals surface area contributed by atoms with Crippen molar-refractivity contribution in [2.45, 2.75) is 18.2 Å². The molecule has 0 fully saturated rings. The fourth-order valence-electron chi connectivity index (χ4n) is 1.07. The van der Waals surface area contributed by atoms with Gasteiger partial charge in [-0.2, -0.15) is 0 Å². The van der Waals surface area contributed by atoms with E-state index in [2.05, 4.69) is 15.9 Å². The van der Waals surface area contributed by atoms with Crippen LogP contribution < -0.4 is 5.32 Å². The summed E-state index contributed by atoms with van der Waals surface area (Å²) in [6.07, 6.45) is 0. The maximum Gasteiger partial charge on any atom is 0.296 e. The van der Waals surface area contributed by atoms with Crippen LogP contribution in [0.2, 0.25) is 0 Å². The van der Waals surface area contributed by atoms with Gasteiger partial charge in [0.2, 0.25) is 5.91 Å². The Hall–Kier alpha value is -1.57. The highest BCUT2D eigenvalue weighted by atomic mass is 79.9. The second kappa shape index (κ2) is 4.97. The first kappa shape index (κ1) is 14.5. The van der Waals surface area contributed by atoms with Crippen LogP contribution in [-0.2, 0) is 4.79 Å². The highest BCUT2D eigenvalue weighted by Crippen LogP contribution is 2.30. The lowest BCUT2D eigenvalue weighted by Crippen LogP contribution is -2.31. The summed E-state index contributed by atoms with van der Waals surface area (Å²) < 4.78 is 25.4. The minimum absolute atomic E-state index is 0.627. The number of hydrogen-bond acceptors (Lipinski definition) is 3. The van der Waals surface area contributed by atoms with Crippen molar-refractivity contribution in [1.29, 1.82) is 0 Å². The van der Waals surface area contributed by atoms with Gasteiger partial charge in [-0.05, 0) is 19.9 Å². The van der Waals surface area contributed by atoms with Gasteiger partial charge < -0.3 is 5.32 Å². The topological polar surface area (TPSA) is 72.2 Å². The summed E-state index contributed by atoms with van der Waals surface area (Å²) in [6, 6.07) is 1.41. The lowest BCUT2D eigenvalue weighted by molar-refractivity contribution is -0.384. The minimum Gasteiger partial charge on any atom is -0.317 e. The quantitative estimate of drug-likeness (QED) is 0.528. The van der Waals surface area contributed by atoms with Crippen molar-refractivity contribution >= 4 is 33.2 Å². The first-order valence-electron chi connectivity index (χ1n) is 4.77. The smallest absolute Gasteiger partial charge is 0.296 e. The molecule has 0 aliphatic heterocycles. The number of carbonyl (C=O) groups is 1. The summed E-state index contributed by atoms with van der Waals surface area (Å²) in [6.45, 7) is 2.93. The van der Waals surface area contributed by atoms with E-state index in [4.69, 9.17) is 0 Å². The summed E-state index contributed by atoms with van der Waals surface area (Å²) in [4.78, 5) is 21.4. The van der Waals surface area contributed by atoms with E-state index < -0.39 is 38.2 Å². The predicted octanol–water partition coefficient (Wildman–Crippen LogP) is 2.99. The van der Waals surface area contributed by atoms with Crippen molar-refractivity contribution in [2.75, 3.05) is 5.32 Å². The third kappa shape index (κ3) is 3.00. The number of nitrogens with zero attached hydrogens (tertiary/aromatic N) is 1. The molecule has 0 bridgehead atoms. The zero-order valence-corrected chi connectivity index (χ0v) is 11.0. The molecular weight excluding hydrogens is 314 g/mol. The maximum absolute atomic E-state index is 13.5. The van der Waals surface area contributed by atoms with E-state index in [1.165, 1.54) is 13.8 Å². The number of alkyl halides is 1. The molecule has 0 aliphatic carbocycles. The van der Waals surface area contributed by atoms with E-state index in [-0.39, 0.29) is 0 Å². The van der Waals surface area contributed by atoms with Gasteiger partial charge in [-0.15, -0.1) is 0 Å². The van der Waals surface area contributed by atoms with Gasteiger partial charge >= 0.3 is 0 Å². The SMILES string of the molecule is CC(C)(Br)C(=O)Nc1c([N+](=O)[O-])ccc(F)c1F. The molecule has 0 saturated heterocycles. The van der Waals surface area contributed by atoms with Crippen LogP contribution in [0.15, 0.2) is 12.1 Å². The lowest BCUT2D eigenvalue weighted by atomic mass is 10.2. The number of halogens is 3. The standard InChI is InChI=1S/C10H9BrF2N2O3/c1-10(2,11)9(16)14-8-6(15(17)18)4-3-5(12)7(8)13/h3-4H,1-2H3,(H,14,16). The van der Waals surface area contributed by atoms with Crippen LogP contribution in [0.4, 0.5) is 20.2 Å². The summed E-state index contributed by atoms with van der Waals surface area (Å²) in [5.74, 6) is -3.47. The fraction of sp³-hybridized carbons (Fsp3) is 0.300. The number of anilines is 1. The largest absolute Gasteiger partial charge is 0.317 e. The number of carbonyl (C=O) groups excluding carboxylic acids is 1. The molecule has 8 heteroatoms. The molecule has 1 aromatic carbocycles. The molecule has 0 saturated carbocycles. The molecule has 1 rings (SSSR count). The molecule has 98 valence electrons. The van der Waals surface area contributed by atoms with E-state index in [1.54, 1.807) is 0 Å². The molecule has 0 unspecified atom stereocenters. The number of nitro benzene ring substituents is 1. The fourth-order valence-corrected chi connectivity index (χ4v) is 1.17. The lowest BCUT2D eigenvalue weighted by Gasteiger charge is -2.16. The minimum atomic E-state index is -1.46. The molecule has 18 heavy (non-hydrogen) atoms. The molecule has 0 spiro atoms. The molecule has 0 heterocycles. The zero-order chi connectivity index (χ0) is 14.1. The third-order valence-electron chi connectivity index (χ3n) is 2.05. The number of rotatable bonds is 3. The van der Waals surface area contributed by atoms with Gasteiger partial charge in [0.15, 0.2) is 17.3 Å². The van der Waals surface area contributed by atoms with Gasteiger partial charge in [0, 0.05) is 6.07 Å².